The zero-order valence-corrected chi connectivity index (χ0v) is 8.69. The van der Waals surface area contributed by atoms with Gasteiger partial charge in [-0.1, -0.05) is 0 Å². The molecular weight excluding hydrogens is 212 g/mol. The minimum Gasteiger partial charge on any atom is -0.478 e. The molecule has 0 saturated carbocycles. The van der Waals surface area contributed by atoms with E-state index < -0.39 is 17.9 Å². The van der Waals surface area contributed by atoms with Crippen LogP contribution in [0.4, 0.5) is 4.79 Å². The largest absolute Gasteiger partial charge is 0.478 e. The van der Waals surface area contributed by atoms with Crippen LogP contribution in [0.25, 0.3) is 0 Å². The molecule has 0 fully saturated rings. The number of carboxylic acid groups (broad SMARTS) is 1. The van der Waals surface area contributed by atoms with E-state index in [1.165, 1.54) is 0 Å². The summed E-state index contributed by atoms with van der Waals surface area (Å²) in [5.74, 6) is 0.268. The molecule has 0 aromatic heterocycles. The highest BCUT2D eigenvalue weighted by Crippen LogP contribution is 1.87. The molecule has 6 nitrogen and oxygen atoms in total. The van der Waals surface area contributed by atoms with E-state index in [2.05, 4.69) is 11.2 Å². The van der Waals surface area contributed by atoms with E-state index in [0.717, 1.165) is 6.08 Å². The second kappa shape index (κ2) is 7.06. The maximum Gasteiger partial charge on any atom is 0.328 e. The van der Waals surface area contributed by atoms with Crippen molar-refractivity contribution < 1.29 is 19.5 Å². The fourth-order valence-corrected chi connectivity index (χ4v) is 0.788. The van der Waals surface area contributed by atoms with Crippen molar-refractivity contribution in [1.29, 1.82) is 0 Å². The van der Waals surface area contributed by atoms with Crippen molar-refractivity contribution in [3.05, 3.63) is 12.2 Å². The average molecular weight is 224 g/mol. The summed E-state index contributed by atoms with van der Waals surface area (Å²) in [6.07, 6.45) is 6.74. The Hall–Kier alpha value is -2.29. The Kier molecular flexibility index (Phi) is 6.05. The first-order chi connectivity index (χ1) is 7.45. The number of carbonyl (C=O) groups is 3. The van der Waals surface area contributed by atoms with Gasteiger partial charge in [0.05, 0.1) is 0 Å². The highest BCUT2D eigenvalue weighted by molar-refractivity contribution is 6.02. The quantitative estimate of drug-likeness (QED) is 0.457. The molecule has 16 heavy (non-hydrogen) atoms. The molecule has 3 N–H and O–H groups in total. The third-order valence-electron chi connectivity index (χ3n) is 1.42. The van der Waals surface area contributed by atoms with Crippen LogP contribution in [0.15, 0.2) is 12.2 Å². The molecule has 86 valence electrons. The molecule has 0 saturated heterocycles. The number of imide groups is 1. The SMILES string of the molecule is C#CCC(C)NC(=O)NC(=O)/C=C/C(=O)O. The Bertz CT molecular complexity index is 354. The lowest BCUT2D eigenvalue weighted by Gasteiger charge is -2.10. The van der Waals surface area contributed by atoms with Gasteiger partial charge in [-0.15, -0.1) is 12.3 Å². The van der Waals surface area contributed by atoms with Crippen molar-refractivity contribution in [3.63, 3.8) is 0 Å². The number of carboxylic acids is 1. The molecule has 3 amide bonds. The van der Waals surface area contributed by atoms with Crippen molar-refractivity contribution in [2.24, 2.45) is 0 Å². The van der Waals surface area contributed by atoms with Crippen LogP contribution >= 0.6 is 0 Å². The lowest BCUT2D eigenvalue weighted by atomic mass is 10.2. The zero-order valence-electron chi connectivity index (χ0n) is 8.69. The van der Waals surface area contributed by atoms with Gasteiger partial charge >= 0.3 is 12.0 Å². The number of terminal acetylenes is 1. The molecule has 0 aromatic rings. The van der Waals surface area contributed by atoms with Crippen LogP contribution in [0.5, 0.6) is 0 Å². The monoisotopic (exact) mass is 224 g/mol. The standard InChI is InChI=1S/C10H12N2O4/c1-3-4-7(2)11-10(16)12-8(13)5-6-9(14)15/h1,5-7H,4H2,2H3,(H,14,15)(H2,11,12,13,16)/b6-5+. The Morgan fingerprint density at radius 2 is 2.06 bits per heavy atom. The van der Waals surface area contributed by atoms with Crippen molar-refractivity contribution in [2.45, 2.75) is 19.4 Å². The third kappa shape index (κ3) is 7.15. The van der Waals surface area contributed by atoms with Gasteiger partial charge in [0.15, 0.2) is 0 Å². The van der Waals surface area contributed by atoms with Crippen LogP contribution < -0.4 is 10.6 Å². The highest BCUT2D eigenvalue weighted by atomic mass is 16.4. The first-order valence-corrected chi connectivity index (χ1v) is 4.41. The van der Waals surface area contributed by atoms with Crippen molar-refractivity contribution in [1.82, 2.24) is 10.6 Å². The Morgan fingerprint density at radius 1 is 1.44 bits per heavy atom. The minimum atomic E-state index is -1.27. The second-order valence-corrected chi connectivity index (χ2v) is 2.94. The smallest absolute Gasteiger partial charge is 0.328 e. The molecule has 0 aromatic carbocycles. The third-order valence-corrected chi connectivity index (χ3v) is 1.42. The summed E-state index contributed by atoms with van der Waals surface area (Å²) in [6, 6.07) is -0.982. The Morgan fingerprint density at radius 3 is 2.56 bits per heavy atom. The van der Waals surface area contributed by atoms with E-state index in [1.807, 2.05) is 5.32 Å². The molecule has 0 bridgehead atoms. The van der Waals surface area contributed by atoms with Crippen LogP contribution in [0.2, 0.25) is 0 Å². The van der Waals surface area contributed by atoms with Gasteiger partial charge in [-0.25, -0.2) is 9.59 Å². The van der Waals surface area contributed by atoms with E-state index >= 15 is 0 Å². The summed E-state index contributed by atoms with van der Waals surface area (Å²) in [5.41, 5.74) is 0. The Labute approximate surface area is 92.7 Å². The lowest BCUT2D eigenvalue weighted by molar-refractivity contribution is -0.131. The van der Waals surface area contributed by atoms with Crippen LogP contribution in [-0.2, 0) is 9.59 Å². The van der Waals surface area contributed by atoms with E-state index in [-0.39, 0.29) is 6.04 Å². The van der Waals surface area contributed by atoms with E-state index in [0.29, 0.717) is 12.5 Å². The summed E-state index contributed by atoms with van der Waals surface area (Å²) < 4.78 is 0. The van der Waals surface area contributed by atoms with Crippen molar-refractivity contribution in [3.8, 4) is 12.3 Å². The summed E-state index contributed by atoms with van der Waals surface area (Å²) in [6.45, 7) is 1.68. The summed E-state index contributed by atoms with van der Waals surface area (Å²) in [4.78, 5) is 32.1. The predicted octanol–water partition coefficient (Wildman–Crippen LogP) is -0.135. The number of hydrogen-bond acceptors (Lipinski definition) is 3. The lowest BCUT2D eigenvalue weighted by Crippen LogP contribution is -2.42. The number of nitrogens with one attached hydrogen (secondary N) is 2. The molecule has 0 spiro atoms. The number of amides is 3. The van der Waals surface area contributed by atoms with Gasteiger partial charge in [-0.05, 0) is 6.92 Å². The summed E-state index contributed by atoms with van der Waals surface area (Å²) in [7, 11) is 0. The van der Waals surface area contributed by atoms with Gasteiger partial charge in [0.2, 0.25) is 0 Å². The molecule has 0 heterocycles. The maximum absolute atomic E-state index is 11.1. The van der Waals surface area contributed by atoms with Crippen LogP contribution in [0, 0.1) is 12.3 Å². The second-order valence-electron chi connectivity index (χ2n) is 2.94. The molecular formula is C10H12N2O4. The molecule has 0 aliphatic heterocycles. The first kappa shape index (κ1) is 13.7. The molecule has 0 aliphatic rings. The maximum atomic E-state index is 11.1. The number of urea groups is 1. The average Bonchev–Trinajstić information content (AvgIpc) is 2.14. The van der Waals surface area contributed by atoms with Gasteiger partial charge in [0.25, 0.3) is 5.91 Å². The van der Waals surface area contributed by atoms with Gasteiger partial charge in [-0.2, -0.15) is 0 Å². The normalized spacial score (nSPS) is 11.5. The highest BCUT2D eigenvalue weighted by Gasteiger charge is 2.07. The molecule has 1 unspecified atom stereocenters. The molecule has 1 atom stereocenters. The number of carbonyl (C=O) groups excluding carboxylic acids is 2. The predicted molar refractivity (Wildman–Crippen MR) is 56.4 cm³/mol. The van der Waals surface area contributed by atoms with Crippen molar-refractivity contribution >= 4 is 17.9 Å². The molecule has 0 radical (unpaired) electrons. The fourth-order valence-electron chi connectivity index (χ4n) is 0.788. The topological polar surface area (TPSA) is 95.5 Å². The zero-order chi connectivity index (χ0) is 12.6. The summed E-state index contributed by atoms with van der Waals surface area (Å²) >= 11 is 0. The number of rotatable bonds is 4. The van der Waals surface area contributed by atoms with E-state index in [9.17, 15) is 14.4 Å². The van der Waals surface area contributed by atoms with Gasteiger partial charge in [-0.3, -0.25) is 10.1 Å². The van der Waals surface area contributed by atoms with Crippen LogP contribution in [0.3, 0.4) is 0 Å². The van der Waals surface area contributed by atoms with Gasteiger partial charge in [0.1, 0.15) is 0 Å². The molecule has 6 heteroatoms. The van der Waals surface area contributed by atoms with Crippen LogP contribution in [-0.4, -0.2) is 29.1 Å². The van der Waals surface area contributed by atoms with Crippen molar-refractivity contribution in [2.75, 3.05) is 0 Å². The van der Waals surface area contributed by atoms with E-state index in [4.69, 9.17) is 11.5 Å². The Balaban J connectivity index is 4.02. The number of aliphatic carboxylic acids is 1. The molecule has 0 rings (SSSR count). The van der Waals surface area contributed by atoms with Crippen LogP contribution in [0.1, 0.15) is 13.3 Å². The fraction of sp³-hybridized carbons (Fsp3) is 0.300. The summed E-state index contributed by atoms with van der Waals surface area (Å²) in [5, 5.41) is 12.5. The minimum absolute atomic E-state index is 0.263. The van der Waals surface area contributed by atoms with Gasteiger partial charge in [0, 0.05) is 24.6 Å². The molecule has 0 aliphatic carbocycles. The number of hydrogen-bond donors (Lipinski definition) is 3. The first-order valence-electron chi connectivity index (χ1n) is 4.41. The van der Waals surface area contributed by atoms with E-state index in [1.54, 1.807) is 6.92 Å². The van der Waals surface area contributed by atoms with Gasteiger partial charge < -0.3 is 10.4 Å².